The van der Waals surface area contributed by atoms with Crippen LogP contribution >= 0.6 is 0 Å². The molecule has 0 aliphatic carbocycles. The van der Waals surface area contributed by atoms with Crippen molar-refractivity contribution in [3.05, 3.63) is 47.3 Å². The van der Waals surface area contributed by atoms with Crippen LogP contribution in [0.4, 0.5) is 8.78 Å². The minimum absolute atomic E-state index is 0.00424. The Balaban J connectivity index is 1.39. The van der Waals surface area contributed by atoms with Gasteiger partial charge in [0.2, 0.25) is 5.91 Å². The standard InChI is InChI=1S/C17H18F2N4O2/c18-13-3-1-11(7-14(13)19)2-4-17(24)22-6-5-16-15(9-22)23-12(10-25-16)8-20-21-23/h1,3,7-8,15-16H,2,4-6,9-10H2. The highest BCUT2D eigenvalue weighted by atomic mass is 19.2. The summed E-state index contributed by atoms with van der Waals surface area (Å²) in [5.74, 6) is -1.77. The monoisotopic (exact) mass is 348 g/mol. The number of piperidine rings is 1. The number of fused-ring (bicyclic) bond motifs is 3. The number of hydrogen-bond acceptors (Lipinski definition) is 4. The zero-order valence-electron chi connectivity index (χ0n) is 13.6. The molecule has 2 aliphatic heterocycles. The van der Waals surface area contributed by atoms with Gasteiger partial charge >= 0.3 is 0 Å². The minimum Gasteiger partial charge on any atom is -0.370 e. The van der Waals surface area contributed by atoms with Gasteiger partial charge in [-0.25, -0.2) is 13.5 Å². The molecule has 1 aromatic heterocycles. The van der Waals surface area contributed by atoms with Gasteiger partial charge in [-0.1, -0.05) is 11.3 Å². The molecule has 1 fully saturated rings. The third-order valence-corrected chi connectivity index (χ3v) is 4.89. The molecule has 0 saturated carbocycles. The first-order valence-corrected chi connectivity index (χ1v) is 8.34. The predicted octanol–water partition coefficient (Wildman–Crippen LogP) is 1.86. The van der Waals surface area contributed by atoms with Crippen molar-refractivity contribution in [1.29, 1.82) is 0 Å². The molecule has 2 atom stereocenters. The van der Waals surface area contributed by atoms with E-state index in [-0.39, 0.29) is 24.5 Å². The average Bonchev–Trinajstić information content (AvgIpc) is 3.11. The predicted molar refractivity (Wildman–Crippen MR) is 83.5 cm³/mol. The SMILES string of the molecule is O=C(CCc1ccc(F)c(F)c1)N1CCC2OCc3cnnn3C2C1. The first kappa shape index (κ1) is 16.1. The van der Waals surface area contributed by atoms with Crippen LogP contribution in [0, 0.1) is 11.6 Å². The number of carbonyl (C=O) groups is 1. The number of aromatic nitrogens is 3. The number of amides is 1. The molecule has 1 saturated heterocycles. The Bertz CT molecular complexity index is 795. The molecular weight excluding hydrogens is 330 g/mol. The fourth-order valence-corrected chi connectivity index (χ4v) is 3.51. The van der Waals surface area contributed by atoms with Crippen LogP contribution < -0.4 is 0 Å². The second-order valence-corrected chi connectivity index (χ2v) is 6.46. The molecule has 2 aliphatic rings. The first-order valence-electron chi connectivity index (χ1n) is 8.34. The lowest BCUT2D eigenvalue weighted by atomic mass is 9.99. The molecule has 1 aromatic carbocycles. The summed E-state index contributed by atoms with van der Waals surface area (Å²) in [5.41, 5.74) is 1.53. The summed E-state index contributed by atoms with van der Waals surface area (Å²) in [5, 5.41) is 8.04. The summed E-state index contributed by atoms with van der Waals surface area (Å²) in [7, 11) is 0. The van der Waals surface area contributed by atoms with Gasteiger partial charge in [-0.05, 0) is 30.5 Å². The lowest BCUT2D eigenvalue weighted by molar-refractivity contribution is -0.138. The van der Waals surface area contributed by atoms with Gasteiger partial charge < -0.3 is 9.64 Å². The van der Waals surface area contributed by atoms with Crippen molar-refractivity contribution in [3.63, 3.8) is 0 Å². The average molecular weight is 348 g/mol. The fourth-order valence-electron chi connectivity index (χ4n) is 3.51. The first-order chi connectivity index (χ1) is 12.1. The second-order valence-electron chi connectivity index (χ2n) is 6.46. The van der Waals surface area contributed by atoms with Crippen molar-refractivity contribution in [3.8, 4) is 0 Å². The van der Waals surface area contributed by atoms with Crippen molar-refractivity contribution >= 4 is 5.91 Å². The molecule has 8 heteroatoms. The highest BCUT2D eigenvalue weighted by molar-refractivity contribution is 5.76. The maximum atomic E-state index is 13.3. The third-order valence-electron chi connectivity index (χ3n) is 4.89. The van der Waals surface area contributed by atoms with Crippen LogP contribution in [0.15, 0.2) is 24.4 Å². The van der Waals surface area contributed by atoms with Crippen LogP contribution in [0.3, 0.4) is 0 Å². The third kappa shape index (κ3) is 3.13. The molecule has 6 nitrogen and oxygen atoms in total. The Morgan fingerprint density at radius 3 is 3.04 bits per heavy atom. The zero-order valence-corrected chi connectivity index (χ0v) is 13.6. The van der Waals surface area contributed by atoms with Crippen molar-refractivity contribution in [2.24, 2.45) is 0 Å². The van der Waals surface area contributed by atoms with Gasteiger partial charge in [0.05, 0.1) is 30.6 Å². The molecular formula is C17H18F2N4O2. The van der Waals surface area contributed by atoms with E-state index in [0.717, 1.165) is 24.2 Å². The van der Waals surface area contributed by atoms with Crippen molar-refractivity contribution in [2.75, 3.05) is 13.1 Å². The van der Waals surface area contributed by atoms with Gasteiger partial charge in [0.25, 0.3) is 0 Å². The smallest absolute Gasteiger partial charge is 0.222 e. The normalized spacial score (nSPS) is 22.4. The number of aryl methyl sites for hydroxylation is 1. The number of nitrogens with zero attached hydrogens (tertiary/aromatic N) is 4. The molecule has 4 rings (SSSR count). The minimum atomic E-state index is -0.885. The summed E-state index contributed by atoms with van der Waals surface area (Å²) in [6, 6.07) is 3.72. The summed E-state index contributed by atoms with van der Waals surface area (Å²) in [4.78, 5) is 14.3. The number of carbonyl (C=O) groups excluding carboxylic acids is 1. The molecule has 25 heavy (non-hydrogen) atoms. The van der Waals surface area contributed by atoms with Crippen molar-refractivity contribution < 1.29 is 18.3 Å². The summed E-state index contributed by atoms with van der Waals surface area (Å²) >= 11 is 0. The molecule has 0 N–H and O–H groups in total. The van der Waals surface area contributed by atoms with Crippen molar-refractivity contribution in [1.82, 2.24) is 19.9 Å². The van der Waals surface area contributed by atoms with E-state index in [2.05, 4.69) is 10.3 Å². The molecule has 2 aromatic rings. The summed E-state index contributed by atoms with van der Waals surface area (Å²) in [6.45, 7) is 1.65. The van der Waals surface area contributed by atoms with Crippen LogP contribution in [-0.4, -0.2) is 45.0 Å². The maximum Gasteiger partial charge on any atom is 0.222 e. The highest BCUT2D eigenvalue weighted by Crippen LogP contribution is 2.30. The highest BCUT2D eigenvalue weighted by Gasteiger charge is 2.37. The number of ether oxygens (including phenoxy) is 1. The van der Waals surface area contributed by atoms with E-state index in [1.807, 2.05) is 4.68 Å². The second kappa shape index (κ2) is 6.51. The lowest BCUT2D eigenvalue weighted by Crippen LogP contribution is -2.49. The number of halogens is 2. The van der Waals surface area contributed by atoms with E-state index in [1.165, 1.54) is 6.07 Å². The molecule has 1 amide bonds. The Morgan fingerprint density at radius 2 is 2.20 bits per heavy atom. The van der Waals surface area contributed by atoms with Crippen LogP contribution in [0.25, 0.3) is 0 Å². The number of rotatable bonds is 3. The van der Waals surface area contributed by atoms with Crippen LogP contribution in [-0.2, 0) is 22.6 Å². The van der Waals surface area contributed by atoms with Crippen molar-refractivity contribution in [2.45, 2.75) is 38.0 Å². The topological polar surface area (TPSA) is 60.3 Å². The fraction of sp³-hybridized carbons (Fsp3) is 0.471. The Kier molecular flexibility index (Phi) is 4.20. The van der Waals surface area contributed by atoms with E-state index in [4.69, 9.17) is 4.74 Å². The Hall–Kier alpha value is -2.35. The van der Waals surface area contributed by atoms with E-state index in [1.54, 1.807) is 11.1 Å². The molecule has 0 spiro atoms. The van der Waals surface area contributed by atoms with Gasteiger partial charge in [-0.3, -0.25) is 4.79 Å². The molecule has 3 heterocycles. The van der Waals surface area contributed by atoms with E-state index < -0.39 is 11.6 Å². The summed E-state index contributed by atoms with van der Waals surface area (Å²) < 4.78 is 33.9. The maximum absolute atomic E-state index is 13.3. The Labute approximate surface area is 143 Å². The van der Waals surface area contributed by atoms with Gasteiger partial charge in [0.15, 0.2) is 11.6 Å². The van der Waals surface area contributed by atoms with Gasteiger partial charge in [0, 0.05) is 19.5 Å². The number of likely N-dealkylation sites (tertiary alicyclic amines) is 1. The quantitative estimate of drug-likeness (QED) is 0.850. The molecule has 2 unspecified atom stereocenters. The number of hydrogen-bond donors (Lipinski definition) is 0. The van der Waals surface area contributed by atoms with Gasteiger partial charge in [0.1, 0.15) is 0 Å². The van der Waals surface area contributed by atoms with E-state index in [9.17, 15) is 13.6 Å². The van der Waals surface area contributed by atoms with Crippen LogP contribution in [0.1, 0.15) is 30.1 Å². The molecule has 0 bridgehead atoms. The van der Waals surface area contributed by atoms with Crippen LogP contribution in [0.2, 0.25) is 0 Å². The van der Waals surface area contributed by atoms with Crippen LogP contribution in [0.5, 0.6) is 0 Å². The molecule has 0 radical (unpaired) electrons. The largest absolute Gasteiger partial charge is 0.370 e. The number of benzene rings is 1. The zero-order chi connectivity index (χ0) is 17.4. The Morgan fingerprint density at radius 1 is 1.32 bits per heavy atom. The van der Waals surface area contributed by atoms with E-state index in [0.29, 0.717) is 31.7 Å². The molecule has 132 valence electrons. The van der Waals surface area contributed by atoms with E-state index >= 15 is 0 Å². The summed E-state index contributed by atoms with van der Waals surface area (Å²) in [6.07, 6.45) is 3.12. The lowest BCUT2D eigenvalue weighted by Gasteiger charge is -2.41. The van der Waals surface area contributed by atoms with Gasteiger partial charge in [-0.2, -0.15) is 0 Å². The van der Waals surface area contributed by atoms with Gasteiger partial charge in [-0.15, -0.1) is 5.10 Å².